The Bertz CT molecular complexity index is 1950. The van der Waals surface area contributed by atoms with Crippen molar-refractivity contribution < 1.29 is 24.3 Å². The number of aryl methyl sites for hydroxylation is 1. The summed E-state index contributed by atoms with van der Waals surface area (Å²) in [6.45, 7) is 3.69. The van der Waals surface area contributed by atoms with E-state index in [1.807, 2.05) is 43.3 Å². The molecule has 10 heteroatoms. The van der Waals surface area contributed by atoms with Crippen molar-refractivity contribution >= 4 is 63.8 Å². The number of anilines is 2. The molecule has 0 radical (unpaired) electrons. The van der Waals surface area contributed by atoms with Gasteiger partial charge in [-0.05, 0) is 73.5 Å². The van der Waals surface area contributed by atoms with Gasteiger partial charge < -0.3 is 26.0 Å². The SMILES string of the molecule is CCC(Sc1cccc(NC(=O)/C(=C/c2c[nH]c3ccccc23)NC(=O)c2ccccc2)c1)C(=O)Nc1cc(C(=O)O)ccc1C. The lowest BCUT2D eigenvalue weighted by Crippen LogP contribution is -2.30. The van der Waals surface area contributed by atoms with Gasteiger partial charge in [0.2, 0.25) is 5.91 Å². The predicted octanol–water partition coefficient (Wildman–Crippen LogP) is 7.09. The molecule has 1 aromatic heterocycles. The largest absolute Gasteiger partial charge is 0.478 e. The van der Waals surface area contributed by atoms with E-state index >= 15 is 0 Å². The van der Waals surface area contributed by atoms with Crippen LogP contribution in [0.25, 0.3) is 17.0 Å². The summed E-state index contributed by atoms with van der Waals surface area (Å²) < 4.78 is 0. The minimum Gasteiger partial charge on any atom is -0.478 e. The minimum absolute atomic E-state index is 0.0569. The summed E-state index contributed by atoms with van der Waals surface area (Å²) in [4.78, 5) is 55.2. The van der Waals surface area contributed by atoms with Gasteiger partial charge in [0.15, 0.2) is 0 Å². The van der Waals surface area contributed by atoms with Crippen LogP contribution in [0.1, 0.15) is 45.2 Å². The first kappa shape index (κ1) is 31.8. The number of rotatable bonds is 11. The van der Waals surface area contributed by atoms with E-state index in [0.717, 1.165) is 26.9 Å². The van der Waals surface area contributed by atoms with E-state index in [1.165, 1.54) is 23.9 Å². The van der Waals surface area contributed by atoms with Crippen molar-refractivity contribution in [1.29, 1.82) is 0 Å². The summed E-state index contributed by atoms with van der Waals surface area (Å²) in [6, 6.07) is 28.0. The van der Waals surface area contributed by atoms with Crippen LogP contribution in [0.4, 0.5) is 11.4 Å². The number of nitrogens with one attached hydrogen (secondary N) is 4. The van der Waals surface area contributed by atoms with E-state index in [4.69, 9.17) is 0 Å². The average Bonchev–Trinajstić information content (AvgIpc) is 3.47. The number of benzene rings is 4. The number of carboxylic acid groups (broad SMARTS) is 1. The maximum atomic E-state index is 13.6. The fraction of sp³-hybridized carbons (Fsp3) is 0.111. The number of aromatic carboxylic acids is 1. The third-order valence-electron chi connectivity index (χ3n) is 7.23. The van der Waals surface area contributed by atoms with E-state index in [9.17, 15) is 24.3 Å². The lowest BCUT2D eigenvalue weighted by atomic mass is 10.1. The fourth-order valence-electron chi connectivity index (χ4n) is 4.75. The van der Waals surface area contributed by atoms with Crippen LogP contribution >= 0.6 is 11.8 Å². The number of hydrogen-bond donors (Lipinski definition) is 5. The number of carbonyl (C=O) groups excluding carboxylic acids is 3. The quantitative estimate of drug-likeness (QED) is 0.0778. The molecule has 232 valence electrons. The highest BCUT2D eigenvalue weighted by Gasteiger charge is 2.21. The van der Waals surface area contributed by atoms with Crippen LogP contribution in [0.5, 0.6) is 0 Å². The van der Waals surface area contributed by atoms with Crippen LogP contribution < -0.4 is 16.0 Å². The van der Waals surface area contributed by atoms with Gasteiger partial charge in [0.25, 0.3) is 11.8 Å². The molecule has 0 bridgehead atoms. The molecule has 0 saturated heterocycles. The van der Waals surface area contributed by atoms with Crippen molar-refractivity contribution in [3.05, 3.63) is 131 Å². The molecular weight excluding hydrogens is 600 g/mol. The van der Waals surface area contributed by atoms with Crippen LogP contribution in [-0.4, -0.2) is 39.0 Å². The summed E-state index contributed by atoms with van der Waals surface area (Å²) in [5.74, 6) is -2.28. The molecular formula is C36H32N4O5S. The molecule has 1 unspecified atom stereocenters. The minimum atomic E-state index is -1.07. The molecule has 0 aliphatic rings. The Labute approximate surface area is 270 Å². The molecule has 0 saturated carbocycles. The summed E-state index contributed by atoms with van der Waals surface area (Å²) >= 11 is 1.33. The van der Waals surface area contributed by atoms with Crippen LogP contribution in [-0.2, 0) is 9.59 Å². The van der Waals surface area contributed by atoms with Gasteiger partial charge in [0.1, 0.15) is 5.70 Å². The smallest absolute Gasteiger partial charge is 0.335 e. The van der Waals surface area contributed by atoms with Gasteiger partial charge >= 0.3 is 5.97 Å². The van der Waals surface area contributed by atoms with Gasteiger partial charge in [-0.1, -0.05) is 55.5 Å². The molecule has 0 spiro atoms. The summed E-state index contributed by atoms with van der Waals surface area (Å²) in [6.07, 6.45) is 3.92. The van der Waals surface area contributed by atoms with Gasteiger partial charge in [-0.15, -0.1) is 11.8 Å². The van der Waals surface area contributed by atoms with E-state index in [2.05, 4.69) is 20.9 Å². The number of aromatic nitrogens is 1. The molecule has 5 N–H and O–H groups in total. The molecule has 3 amide bonds. The lowest BCUT2D eigenvalue weighted by molar-refractivity contribution is -0.116. The molecule has 1 atom stereocenters. The van der Waals surface area contributed by atoms with Crippen LogP contribution in [0.15, 0.2) is 114 Å². The summed E-state index contributed by atoms with van der Waals surface area (Å²) in [5.41, 5.74) is 3.85. The number of H-pyrrole nitrogens is 1. The van der Waals surface area contributed by atoms with Crippen molar-refractivity contribution in [1.82, 2.24) is 10.3 Å². The lowest BCUT2D eigenvalue weighted by Gasteiger charge is -2.17. The molecule has 1 heterocycles. The zero-order chi connectivity index (χ0) is 32.6. The molecule has 9 nitrogen and oxygen atoms in total. The zero-order valence-electron chi connectivity index (χ0n) is 25.2. The first-order valence-corrected chi connectivity index (χ1v) is 15.5. The Kier molecular flexibility index (Phi) is 9.99. The molecule has 0 fully saturated rings. The van der Waals surface area contributed by atoms with E-state index in [-0.39, 0.29) is 17.2 Å². The molecule has 5 rings (SSSR count). The predicted molar refractivity (Wildman–Crippen MR) is 182 cm³/mol. The zero-order valence-corrected chi connectivity index (χ0v) is 26.0. The topological polar surface area (TPSA) is 140 Å². The number of fused-ring (bicyclic) bond motifs is 1. The third-order valence-corrected chi connectivity index (χ3v) is 8.58. The van der Waals surface area contributed by atoms with Crippen LogP contribution in [0.3, 0.4) is 0 Å². The highest BCUT2D eigenvalue weighted by Crippen LogP contribution is 2.29. The Balaban J connectivity index is 1.34. The normalized spacial score (nSPS) is 11.9. The van der Waals surface area contributed by atoms with Crippen molar-refractivity contribution in [3.63, 3.8) is 0 Å². The maximum Gasteiger partial charge on any atom is 0.335 e. The number of carboxylic acids is 1. The molecule has 46 heavy (non-hydrogen) atoms. The molecule has 4 aromatic carbocycles. The van der Waals surface area contributed by atoms with E-state index in [1.54, 1.807) is 67.7 Å². The third kappa shape index (κ3) is 7.72. The Morgan fingerprint density at radius 1 is 0.870 bits per heavy atom. The average molecular weight is 633 g/mol. The van der Waals surface area contributed by atoms with Gasteiger partial charge in [-0.3, -0.25) is 14.4 Å². The van der Waals surface area contributed by atoms with Crippen molar-refractivity contribution in [3.8, 4) is 0 Å². The number of aromatic amines is 1. The first-order chi connectivity index (χ1) is 22.2. The second kappa shape index (κ2) is 14.4. The van der Waals surface area contributed by atoms with Gasteiger partial charge in [0, 0.05) is 44.5 Å². The number of amides is 3. The highest BCUT2D eigenvalue weighted by atomic mass is 32.2. The number of carbonyl (C=O) groups is 4. The molecule has 5 aromatic rings. The monoisotopic (exact) mass is 632 g/mol. The number of thioether (sulfide) groups is 1. The summed E-state index contributed by atoms with van der Waals surface area (Å²) in [7, 11) is 0. The van der Waals surface area contributed by atoms with Gasteiger partial charge in [-0.25, -0.2) is 4.79 Å². The van der Waals surface area contributed by atoms with Crippen LogP contribution in [0.2, 0.25) is 0 Å². The Morgan fingerprint density at radius 3 is 2.39 bits per heavy atom. The van der Waals surface area contributed by atoms with E-state index in [0.29, 0.717) is 23.4 Å². The molecule has 0 aliphatic heterocycles. The molecule has 0 aliphatic carbocycles. The first-order valence-electron chi connectivity index (χ1n) is 14.6. The van der Waals surface area contributed by atoms with Gasteiger partial charge in [0.05, 0.1) is 10.8 Å². The summed E-state index contributed by atoms with van der Waals surface area (Å²) in [5, 5.41) is 18.3. The maximum absolute atomic E-state index is 13.6. The fourth-order valence-corrected chi connectivity index (χ4v) is 5.76. The second-order valence-electron chi connectivity index (χ2n) is 10.5. The van der Waals surface area contributed by atoms with Crippen LogP contribution in [0, 0.1) is 6.92 Å². The number of hydrogen-bond acceptors (Lipinski definition) is 5. The van der Waals surface area contributed by atoms with Crippen molar-refractivity contribution in [2.24, 2.45) is 0 Å². The Morgan fingerprint density at radius 2 is 1.63 bits per heavy atom. The van der Waals surface area contributed by atoms with E-state index < -0.39 is 23.0 Å². The standard InChI is InChI=1S/C36H32N4O5S/c1-3-32(35(43)39-30-18-24(36(44)45)17-16-22(30)2)46-27-13-9-12-26(20-27)38-34(42)31(40-33(41)23-10-5-4-6-11-23)19-25-21-37-29-15-8-7-14-28(25)29/h4-21,32,37H,3H2,1-2H3,(H,38,42)(H,39,43)(H,40,41)(H,44,45)/b31-19-. The highest BCUT2D eigenvalue weighted by molar-refractivity contribution is 8.00. The second-order valence-corrected chi connectivity index (χ2v) is 11.8. The van der Waals surface area contributed by atoms with Crippen molar-refractivity contribution in [2.45, 2.75) is 30.4 Å². The van der Waals surface area contributed by atoms with Gasteiger partial charge in [-0.2, -0.15) is 0 Å². The number of para-hydroxylation sites is 1. The van der Waals surface area contributed by atoms with Crippen molar-refractivity contribution in [2.75, 3.05) is 10.6 Å². The Hall–Kier alpha value is -5.61.